The highest BCUT2D eigenvalue weighted by Gasteiger charge is 2.18. The van der Waals surface area contributed by atoms with Gasteiger partial charge in [0.1, 0.15) is 16.7 Å². The Balaban J connectivity index is 1.45. The van der Waals surface area contributed by atoms with E-state index in [1.807, 2.05) is 48.8 Å². The summed E-state index contributed by atoms with van der Waals surface area (Å²) in [7, 11) is 0. The van der Waals surface area contributed by atoms with Gasteiger partial charge >= 0.3 is 0 Å². The maximum Gasteiger partial charge on any atom is 0.161 e. The van der Waals surface area contributed by atoms with Gasteiger partial charge in [0, 0.05) is 30.2 Å². The molecule has 0 radical (unpaired) electrons. The highest BCUT2D eigenvalue weighted by atomic mass is 35.5. The number of hydrogen-bond acceptors (Lipinski definition) is 7. The summed E-state index contributed by atoms with van der Waals surface area (Å²) in [5.41, 5.74) is 7.30. The summed E-state index contributed by atoms with van der Waals surface area (Å²) in [6.45, 7) is 4.19. The monoisotopic (exact) mass is 486 g/mol. The number of fused-ring (bicyclic) bond motifs is 2. The normalized spacial score (nSPS) is 11.6. The number of nitrogens with one attached hydrogen (secondary N) is 3. The van der Waals surface area contributed by atoms with Crippen molar-refractivity contribution in [2.24, 2.45) is 0 Å². The molecule has 34 heavy (non-hydrogen) atoms. The number of aromatic amines is 2. The molecule has 0 fully saturated rings. The third-order valence-corrected chi connectivity index (χ3v) is 6.57. The second kappa shape index (κ2) is 8.19. The molecule has 0 aliphatic carbocycles. The number of aromatic nitrogens is 7. The molecule has 3 N–H and O–H groups in total. The van der Waals surface area contributed by atoms with Crippen molar-refractivity contribution in [3.8, 4) is 33.3 Å². The Morgan fingerprint density at radius 2 is 1.85 bits per heavy atom. The average molecular weight is 487 g/mol. The number of pyridine rings is 3. The Morgan fingerprint density at radius 1 is 0.971 bits per heavy atom. The van der Waals surface area contributed by atoms with Gasteiger partial charge in [-0.1, -0.05) is 11.6 Å². The van der Waals surface area contributed by atoms with Crippen LogP contribution >= 0.6 is 22.9 Å². The van der Waals surface area contributed by atoms with Crippen LogP contribution in [0.15, 0.2) is 55.0 Å². The van der Waals surface area contributed by atoms with E-state index in [2.05, 4.69) is 44.3 Å². The van der Waals surface area contributed by atoms with Gasteiger partial charge in [0.2, 0.25) is 0 Å². The fourth-order valence-corrected chi connectivity index (χ4v) is 4.93. The average Bonchev–Trinajstić information content (AvgIpc) is 3.55. The predicted octanol–water partition coefficient (Wildman–Crippen LogP) is 6.16. The summed E-state index contributed by atoms with van der Waals surface area (Å²) in [5.74, 6) is 0.621. The number of imidazole rings is 1. The lowest BCUT2D eigenvalue weighted by atomic mass is 10.1. The lowest BCUT2D eigenvalue weighted by molar-refractivity contribution is 0.898. The molecule has 0 atom stereocenters. The highest BCUT2D eigenvalue weighted by Crippen LogP contribution is 2.35. The quantitative estimate of drug-likeness (QED) is 0.269. The molecular formula is C24H19ClN8S. The van der Waals surface area contributed by atoms with E-state index < -0.39 is 0 Å². The standard InChI is InChI=1S/C24H19ClN8S/c1-12(2)28-14-9-13(10-26-11-14)15-3-4-17-21(29-15)23(33-32-17)24-30-16-7-8-27-22(20(16)31-24)18-5-6-19(25)34-18/h3-12,28H,1-2H3,(H,30,31)(H,32,33). The minimum Gasteiger partial charge on any atom is -0.382 e. The van der Waals surface area contributed by atoms with E-state index in [1.54, 1.807) is 6.20 Å². The van der Waals surface area contributed by atoms with Crippen LogP contribution in [0, 0.1) is 0 Å². The molecule has 0 bridgehead atoms. The number of rotatable bonds is 5. The molecule has 8 nitrogen and oxygen atoms in total. The van der Waals surface area contributed by atoms with Gasteiger partial charge in [-0.15, -0.1) is 11.3 Å². The molecule has 0 aliphatic heterocycles. The van der Waals surface area contributed by atoms with Crippen LogP contribution in [0.5, 0.6) is 0 Å². The first-order valence-corrected chi connectivity index (χ1v) is 11.9. The minimum atomic E-state index is 0.311. The molecule has 0 aromatic carbocycles. The van der Waals surface area contributed by atoms with Crippen LogP contribution in [-0.4, -0.2) is 41.2 Å². The molecule has 6 heterocycles. The molecule has 6 aromatic heterocycles. The molecule has 0 spiro atoms. The number of halogens is 1. The molecule has 10 heteroatoms. The minimum absolute atomic E-state index is 0.311. The lowest BCUT2D eigenvalue weighted by Crippen LogP contribution is -2.09. The summed E-state index contributed by atoms with van der Waals surface area (Å²) >= 11 is 7.62. The van der Waals surface area contributed by atoms with Gasteiger partial charge in [0.25, 0.3) is 0 Å². The van der Waals surface area contributed by atoms with Gasteiger partial charge in [-0.05, 0) is 50.2 Å². The second-order valence-electron chi connectivity index (χ2n) is 8.17. The van der Waals surface area contributed by atoms with Crippen molar-refractivity contribution in [3.05, 3.63) is 59.3 Å². The Kier molecular flexibility index (Phi) is 5.00. The molecule has 6 aromatic rings. The Morgan fingerprint density at radius 3 is 2.68 bits per heavy atom. The van der Waals surface area contributed by atoms with Crippen molar-refractivity contribution < 1.29 is 0 Å². The zero-order valence-corrected chi connectivity index (χ0v) is 19.9. The summed E-state index contributed by atoms with van der Waals surface area (Å²) in [4.78, 5) is 23.0. The fraction of sp³-hybridized carbons (Fsp3) is 0.125. The van der Waals surface area contributed by atoms with Gasteiger partial charge in [0.05, 0.1) is 31.6 Å². The molecule has 0 saturated heterocycles. The topological polar surface area (TPSA) is 108 Å². The van der Waals surface area contributed by atoms with E-state index in [0.29, 0.717) is 21.9 Å². The van der Waals surface area contributed by atoms with E-state index in [1.165, 1.54) is 11.3 Å². The van der Waals surface area contributed by atoms with Crippen LogP contribution in [0.1, 0.15) is 13.8 Å². The van der Waals surface area contributed by atoms with Gasteiger partial charge in [0.15, 0.2) is 11.5 Å². The SMILES string of the molecule is CC(C)Nc1cncc(-c2ccc3[nH]nc(-c4nc5c(-c6ccc(Cl)s6)nccc5[nH]4)c3n2)c1. The van der Waals surface area contributed by atoms with E-state index in [9.17, 15) is 0 Å². The molecule has 168 valence electrons. The van der Waals surface area contributed by atoms with E-state index in [4.69, 9.17) is 21.6 Å². The Hall–Kier alpha value is -3.82. The van der Waals surface area contributed by atoms with Crippen molar-refractivity contribution in [3.63, 3.8) is 0 Å². The number of nitrogens with zero attached hydrogens (tertiary/aromatic N) is 5. The summed E-state index contributed by atoms with van der Waals surface area (Å²) in [6.07, 6.45) is 5.38. The summed E-state index contributed by atoms with van der Waals surface area (Å²) in [5, 5.41) is 11.0. The van der Waals surface area contributed by atoms with Gasteiger partial charge in [-0.2, -0.15) is 5.10 Å². The van der Waals surface area contributed by atoms with Crippen molar-refractivity contribution in [2.45, 2.75) is 19.9 Å². The zero-order valence-electron chi connectivity index (χ0n) is 18.3. The van der Waals surface area contributed by atoms with E-state index in [-0.39, 0.29) is 0 Å². The van der Waals surface area contributed by atoms with Crippen LogP contribution in [0.4, 0.5) is 5.69 Å². The Labute approximate surface area is 203 Å². The molecule has 6 rings (SSSR count). The smallest absolute Gasteiger partial charge is 0.161 e. The van der Waals surface area contributed by atoms with Crippen molar-refractivity contribution in [1.29, 1.82) is 0 Å². The van der Waals surface area contributed by atoms with Gasteiger partial charge in [-0.3, -0.25) is 15.1 Å². The maximum absolute atomic E-state index is 6.14. The number of H-pyrrole nitrogens is 2. The third kappa shape index (κ3) is 3.68. The first kappa shape index (κ1) is 20.8. The first-order chi connectivity index (χ1) is 16.5. The van der Waals surface area contributed by atoms with Crippen LogP contribution < -0.4 is 5.32 Å². The molecule has 0 saturated carbocycles. The summed E-state index contributed by atoms with van der Waals surface area (Å²) < 4.78 is 0.710. The zero-order chi connectivity index (χ0) is 23.2. The largest absolute Gasteiger partial charge is 0.382 e. The van der Waals surface area contributed by atoms with Crippen LogP contribution in [0.25, 0.3) is 55.4 Å². The second-order valence-corrected chi connectivity index (χ2v) is 9.89. The molecule has 0 unspecified atom stereocenters. The van der Waals surface area contributed by atoms with Crippen molar-refractivity contribution in [2.75, 3.05) is 5.32 Å². The van der Waals surface area contributed by atoms with Gasteiger partial charge in [-0.25, -0.2) is 9.97 Å². The fourth-order valence-electron chi connectivity index (χ4n) is 3.89. The number of hydrogen-bond donors (Lipinski definition) is 3. The summed E-state index contributed by atoms with van der Waals surface area (Å²) in [6, 6.07) is 12.0. The number of anilines is 1. The van der Waals surface area contributed by atoms with Crippen LogP contribution in [0.3, 0.4) is 0 Å². The van der Waals surface area contributed by atoms with Crippen molar-refractivity contribution >= 4 is 50.7 Å². The lowest BCUT2D eigenvalue weighted by Gasteiger charge is -2.10. The third-order valence-electron chi connectivity index (χ3n) is 5.33. The number of thiophene rings is 1. The maximum atomic E-state index is 6.14. The molecule has 0 aliphatic rings. The Bertz CT molecular complexity index is 1650. The van der Waals surface area contributed by atoms with Gasteiger partial charge < -0.3 is 10.3 Å². The van der Waals surface area contributed by atoms with Crippen LogP contribution in [-0.2, 0) is 0 Å². The first-order valence-electron chi connectivity index (χ1n) is 10.7. The predicted molar refractivity (Wildman–Crippen MR) is 137 cm³/mol. The molecule has 0 amide bonds. The van der Waals surface area contributed by atoms with Crippen molar-refractivity contribution in [1.82, 2.24) is 35.1 Å². The highest BCUT2D eigenvalue weighted by molar-refractivity contribution is 7.19. The molecular weight excluding hydrogens is 468 g/mol. The van der Waals surface area contributed by atoms with Crippen LogP contribution in [0.2, 0.25) is 4.34 Å². The van der Waals surface area contributed by atoms with E-state index in [0.717, 1.165) is 49.6 Å². The van der Waals surface area contributed by atoms with E-state index >= 15 is 0 Å².